The van der Waals surface area contributed by atoms with Crippen molar-refractivity contribution in [3.8, 4) is 11.5 Å². The number of ether oxygens (including phenoxy) is 3. The molecule has 0 unspecified atom stereocenters. The highest BCUT2D eigenvalue weighted by atomic mass is 16.7. The van der Waals surface area contributed by atoms with Gasteiger partial charge in [0.05, 0.1) is 6.61 Å². The SMILES string of the molecule is CC(C)(N)CCC(=O)c1cc(COCc2ccc3c(c2)OCO3)on1. The van der Waals surface area contributed by atoms with Crippen LogP contribution in [-0.4, -0.2) is 23.3 Å². The molecule has 0 saturated carbocycles. The summed E-state index contributed by atoms with van der Waals surface area (Å²) in [6.07, 6.45) is 0.933. The van der Waals surface area contributed by atoms with Crippen molar-refractivity contribution in [1.82, 2.24) is 5.16 Å². The molecule has 1 aromatic carbocycles. The average molecular weight is 346 g/mol. The number of Topliss-reactive ketones (excluding diaryl/α,β-unsaturated/α-hetero) is 1. The molecule has 1 aliphatic heterocycles. The molecular weight excluding hydrogens is 324 g/mol. The van der Waals surface area contributed by atoms with Crippen LogP contribution < -0.4 is 15.2 Å². The van der Waals surface area contributed by atoms with E-state index in [1.807, 2.05) is 32.0 Å². The molecule has 0 radical (unpaired) electrons. The van der Waals surface area contributed by atoms with Crippen LogP contribution in [0.25, 0.3) is 0 Å². The zero-order valence-corrected chi connectivity index (χ0v) is 14.4. The third kappa shape index (κ3) is 4.80. The van der Waals surface area contributed by atoms with Crippen LogP contribution in [0, 0.1) is 0 Å². The first kappa shape index (κ1) is 17.4. The monoisotopic (exact) mass is 346 g/mol. The van der Waals surface area contributed by atoms with Crippen molar-refractivity contribution in [2.45, 2.75) is 45.4 Å². The second kappa shape index (κ2) is 7.25. The molecule has 0 amide bonds. The van der Waals surface area contributed by atoms with Crippen LogP contribution in [0.2, 0.25) is 0 Å². The summed E-state index contributed by atoms with van der Waals surface area (Å²) in [6.45, 7) is 4.64. The number of benzene rings is 1. The number of carbonyl (C=O) groups excluding carboxylic acids is 1. The Kier molecular flexibility index (Phi) is 5.06. The third-order valence-electron chi connectivity index (χ3n) is 3.79. The number of carbonyl (C=O) groups is 1. The summed E-state index contributed by atoms with van der Waals surface area (Å²) < 4.78 is 21.4. The summed E-state index contributed by atoms with van der Waals surface area (Å²) in [5, 5.41) is 3.81. The van der Waals surface area contributed by atoms with Gasteiger partial charge in [0.25, 0.3) is 0 Å². The Morgan fingerprint density at radius 2 is 2.04 bits per heavy atom. The molecule has 1 aromatic heterocycles. The number of nitrogens with zero attached hydrogens (tertiary/aromatic N) is 1. The van der Waals surface area contributed by atoms with Gasteiger partial charge < -0.3 is 24.5 Å². The zero-order chi connectivity index (χ0) is 17.9. The van der Waals surface area contributed by atoms with Crippen molar-refractivity contribution in [1.29, 1.82) is 0 Å². The van der Waals surface area contributed by atoms with E-state index in [0.29, 0.717) is 30.9 Å². The van der Waals surface area contributed by atoms with E-state index in [4.69, 9.17) is 24.5 Å². The predicted molar refractivity (Wildman–Crippen MR) is 89.4 cm³/mol. The van der Waals surface area contributed by atoms with E-state index in [0.717, 1.165) is 17.1 Å². The Hall–Kier alpha value is -2.38. The summed E-state index contributed by atoms with van der Waals surface area (Å²) in [5.41, 5.74) is 6.78. The molecule has 0 aliphatic carbocycles. The van der Waals surface area contributed by atoms with Gasteiger partial charge in [-0.3, -0.25) is 4.79 Å². The summed E-state index contributed by atoms with van der Waals surface area (Å²) in [7, 11) is 0. The van der Waals surface area contributed by atoms with E-state index in [9.17, 15) is 4.79 Å². The Balaban J connectivity index is 1.48. The van der Waals surface area contributed by atoms with Gasteiger partial charge in [0.2, 0.25) is 6.79 Å². The molecule has 7 nitrogen and oxygen atoms in total. The maximum absolute atomic E-state index is 12.1. The van der Waals surface area contributed by atoms with E-state index in [1.54, 1.807) is 6.07 Å². The highest BCUT2D eigenvalue weighted by Gasteiger charge is 2.18. The van der Waals surface area contributed by atoms with Gasteiger partial charge in [0, 0.05) is 18.0 Å². The fourth-order valence-electron chi connectivity index (χ4n) is 2.38. The molecule has 3 rings (SSSR count). The highest BCUT2D eigenvalue weighted by molar-refractivity contribution is 5.94. The highest BCUT2D eigenvalue weighted by Crippen LogP contribution is 2.32. The number of nitrogens with two attached hydrogens (primary N) is 1. The molecule has 0 atom stereocenters. The van der Waals surface area contributed by atoms with E-state index in [2.05, 4.69) is 5.16 Å². The lowest BCUT2D eigenvalue weighted by Crippen LogP contribution is -2.32. The maximum atomic E-state index is 12.1. The summed E-state index contributed by atoms with van der Waals surface area (Å²) in [4.78, 5) is 12.1. The van der Waals surface area contributed by atoms with Gasteiger partial charge in [-0.05, 0) is 38.0 Å². The first-order chi connectivity index (χ1) is 11.9. The van der Waals surface area contributed by atoms with Crippen LogP contribution in [-0.2, 0) is 18.0 Å². The van der Waals surface area contributed by atoms with Gasteiger partial charge in [-0.2, -0.15) is 0 Å². The molecule has 1 aliphatic rings. The largest absolute Gasteiger partial charge is 0.454 e. The topological polar surface area (TPSA) is 96.8 Å². The lowest BCUT2D eigenvalue weighted by molar-refractivity contribution is 0.0878. The van der Waals surface area contributed by atoms with Crippen molar-refractivity contribution in [3.05, 3.63) is 41.3 Å². The van der Waals surface area contributed by atoms with Gasteiger partial charge in [0.1, 0.15) is 12.3 Å². The van der Waals surface area contributed by atoms with Gasteiger partial charge in [-0.1, -0.05) is 11.2 Å². The molecular formula is C18H22N2O5. The number of rotatable bonds is 8. The van der Waals surface area contributed by atoms with Crippen LogP contribution >= 0.6 is 0 Å². The molecule has 0 spiro atoms. The molecule has 134 valence electrons. The lowest BCUT2D eigenvalue weighted by atomic mass is 9.97. The van der Waals surface area contributed by atoms with Crippen molar-refractivity contribution in [2.24, 2.45) is 5.73 Å². The molecule has 0 bridgehead atoms. The van der Waals surface area contributed by atoms with Gasteiger partial charge in [-0.25, -0.2) is 0 Å². The number of ketones is 1. The second-order valence-electron chi connectivity index (χ2n) is 6.77. The molecule has 0 fully saturated rings. The zero-order valence-electron chi connectivity index (χ0n) is 14.4. The van der Waals surface area contributed by atoms with E-state index < -0.39 is 0 Å². The van der Waals surface area contributed by atoms with E-state index in [-0.39, 0.29) is 24.7 Å². The fourth-order valence-corrected chi connectivity index (χ4v) is 2.38. The first-order valence-corrected chi connectivity index (χ1v) is 8.15. The number of hydrogen-bond donors (Lipinski definition) is 1. The van der Waals surface area contributed by atoms with Gasteiger partial charge in [-0.15, -0.1) is 0 Å². The fraction of sp³-hybridized carbons (Fsp3) is 0.444. The Morgan fingerprint density at radius 3 is 2.84 bits per heavy atom. The Morgan fingerprint density at radius 1 is 1.24 bits per heavy atom. The quantitative estimate of drug-likeness (QED) is 0.734. The Labute approximate surface area is 146 Å². The summed E-state index contributed by atoms with van der Waals surface area (Å²) in [5.74, 6) is 1.89. The predicted octanol–water partition coefficient (Wildman–Crippen LogP) is 2.82. The number of fused-ring (bicyclic) bond motifs is 1. The van der Waals surface area contributed by atoms with Crippen LogP contribution in [0.15, 0.2) is 28.8 Å². The van der Waals surface area contributed by atoms with Gasteiger partial charge >= 0.3 is 0 Å². The minimum absolute atomic E-state index is 0.0794. The Bertz CT molecular complexity index is 748. The number of hydrogen-bond acceptors (Lipinski definition) is 7. The van der Waals surface area contributed by atoms with Crippen LogP contribution in [0.1, 0.15) is 48.5 Å². The first-order valence-electron chi connectivity index (χ1n) is 8.15. The van der Waals surface area contributed by atoms with Crippen LogP contribution in [0.3, 0.4) is 0 Å². The summed E-state index contributed by atoms with van der Waals surface area (Å²) in [6, 6.07) is 7.26. The molecule has 2 heterocycles. The third-order valence-corrected chi connectivity index (χ3v) is 3.79. The van der Waals surface area contributed by atoms with Crippen molar-refractivity contribution < 1.29 is 23.5 Å². The van der Waals surface area contributed by atoms with Crippen LogP contribution in [0.4, 0.5) is 0 Å². The van der Waals surface area contributed by atoms with E-state index in [1.165, 1.54) is 0 Å². The normalized spacial score (nSPS) is 13.2. The van der Waals surface area contributed by atoms with Crippen LogP contribution in [0.5, 0.6) is 11.5 Å². The van der Waals surface area contributed by atoms with Crippen molar-refractivity contribution in [3.63, 3.8) is 0 Å². The smallest absolute Gasteiger partial charge is 0.231 e. The van der Waals surface area contributed by atoms with E-state index >= 15 is 0 Å². The van der Waals surface area contributed by atoms with Crippen molar-refractivity contribution in [2.75, 3.05) is 6.79 Å². The lowest BCUT2D eigenvalue weighted by Gasteiger charge is -2.16. The van der Waals surface area contributed by atoms with Gasteiger partial charge in [0.15, 0.2) is 23.0 Å². The minimum Gasteiger partial charge on any atom is -0.454 e. The summed E-state index contributed by atoms with van der Waals surface area (Å²) >= 11 is 0. The number of aromatic nitrogens is 1. The standard InChI is InChI=1S/C18H22N2O5/c1-18(2,19)6-5-15(21)14-8-13(25-20-14)10-22-9-12-3-4-16-17(7-12)24-11-23-16/h3-4,7-8H,5-6,9-11,19H2,1-2H3. The average Bonchev–Trinajstić information content (AvgIpc) is 3.20. The molecule has 2 aromatic rings. The van der Waals surface area contributed by atoms with Crippen molar-refractivity contribution >= 4 is 5.78 Å². The molecule has 0 saturated heterocycles. The minimum atomic E-state index is -0.379. The molecule has 25 heavy (non-hydrogen) atoms. The molecule has 7 heteroatoms. The molecule has 2 N–H and O–H groups in total. The second-order valence-corrected chi connectivity index (χ2v) is 6.77. The maximum Gasteiger partial charge on any atom is 0.231 e.